The van der Waals surface area contributed by atoms with Crippen LogP contribution >= 0.6 is 0 Å². The molecule has 2 saturated heterocycles. The number of alkyl halides is 6. The van der Waals surface area contributed by atoms with Gasteiger partial charge in [-0.2, -0.15) is 26.3 Å². The topological polar surface area (TPSA) is 90.8 Å². The van der Waals surface area contributed by atoms with E-state index in [0.717, 1.165) is 142 Å². The molecule has 68 heavy (non-hydrogen) atoms. The van der Waals surface area contributed by atoms with Crippen LogP contribution in [0, 0.1) is 12.7 Å². The summed E-state index contributed by atoms with van der Waals surface area (Å²) in [5.41, 5.74) is 21.0. The third-order valence-electron chi connectivity index (χ3n) is 12.8. The van der Waals surface area contributed by atoms with Crippen molar-refractivity contribution in [1.29, 1.82) is 0 Å². The van der Waals surface area contributed by atoms with Gasteiger partial charge >= 0.3 is 12.4 Å². The maximum atomic E-state index is 13.1. The molecule has 2 fully saturated rings. The van der Waals surface area contributed by atoms with Crippen molar-refractivity contribution < 1.29 is 30.7 Å². The Bertz CT molecular complexity index is 2550. The predicted octanol–water partition coefficient (Wildman–Crippen LogP) is 11.4. The highest BCUT2D eigenvalue weighted by Gasteiger charge is 2.32. The Morgan fingerprint density at radius 3 is 1.57 bits per heavy atom. The van der Waals surface area contributed by atoms with Gasteiger partial charge < -0.3 is 21.3 Å². The van der Waals surface area contributed by atoms with Crippen molar-refractivity contribution in [3.05, 3.63) is 155 Å². The lowest BCUT2D eigenvalue weighted by Gasteiger charge is -2.36. The van der Waals surface area contributed by atoms with Crippen LogP contribution in [0.15, 0.2) is 122 Å². The third kappa shape index (κ3) is 13.5. The number of piperazine rings is 2. The molecule has 8 nitrogen and oxygen atoms in total. The highest BCUT2D eigenvalue weighted by Crippen LogP contribution is 2.34. The van der Waals surface area contributed by atoms with Crippen LogP contribution in [-0.2, 0) is 25.2 Å². The zero-order chi connectivity index (χ0) is 48.3. The van der Waals surface area contributed by atoms with Crippen LogP contribution in [0.1, 0.15) is 53.8 Å². The number of benzene rings is 4. The highest BCUT2D eigenvalue weighted by atomic mass is 19.4. The molecule has 0 unspecified atom stereocenters. The summed E-state index contributed by atoms with van der Waals surface area (Å²) in [4.78, 5) is 17.8. The van der Waals surface area contributed by atoms with E-state index in [2.05, 4.69) is 38.8 Å². The van der Waals surface area contributed by atoms with E-state index < -0.39 is 23.5 Å². The number of unbranched alkanes of at least 4 members (excludes halogenated alkanes) is 2. The van der Waals surface area contributed by atoms with Gasteiger partial charge in [0.05, 0.1) is 33.9 Å². The van der Waals surface area contributed by atoms with Gasteiger partial charge in [0.1, 0.15) is 5.82 Å². The monoisotopic (exact) mass is 940 g/mol. The molecule has 2 aliphatic rings. The van der Waals surface area contributed by atoms with Gasteiger partial charge in [-0.25, -0.2) is 4.39 Å². The quantitative estimate of drug-likeness (QED) is 0.0824. The molecule has 0 atom stereocenters. The number of nitrogen functional groups attached to an aromatic ring is 2. The van der Waals surface area contributed by atoms with E-state index in [4.69, 9.17) is 11.5 Å². The Morgan fingerprint density at radius 1 is 0.529 bits per heavy atom. The molecule has 0 aliphatic carbocycles. The Morgan fingerprint density at radius 2 is 1.06 bits per heavy atom. The number of halogens is 7. The first-order chi connectivity index (χ1) is 32.6. The van der Waals surface area contributed by atoms with Crippen molar-refractivity contribution in [2.24, 2.45) is 0 Å². The number of rotatable bonds is 14. The lowest BCUT2D eigenvalue weighted by molar-refractivity contribution is -0.138. The second kappa shape index (κ2) is 22.7. The molecule has 4 heterocycles. The van der Waals surface area contributed by atoms with Gasteiger partial charge in [0, 0.05) is 87.3 Å². The normalized spacial score (nSPS) is 15.0. The summed E-state index contributed by atoms with van der Waals surface area (Å²) in [5.74, 6) is -0.279. The lowest BCUT2D eigenvalue weighted by atomic mass is 9.98. The van der Waals surface area contributed by atoms with E-state index in [1.54, 1.807) is 30.5 Å². The summed E-state index contributed by atoms with van der Waals surface area (Å²) in [7, 11) is 0. The minimum absolute atomic E-state index is 0.279. The molecular weight excluding hydrogens is 882 g/mol. The first-order valence-electron chi connectivity index (χ1n) is 23.2. The first kappa shape index (κ1) is 49.7. The molecule has 2 aromatic heterocycles. The van der Waals surface area contributed by atoms with E-state index >= 15 is 0 Å². The van der Waals surface area contributed by atoms with Crippen LogP contribution in [0.4, 0.5) is 53.5 Å². The molecule has 360 valence electrons. The molecular formula is C53H59F7N8. The van der Waals surface area contributed by atoms with E-state index in [9.17, 15) is 30.7 Å². The van der Waals surface area contributed by atoms with Crippen LogP contribution in [0.5, 0.6) is 0 Å². The summed E-state index contributed by atoms with van der Waals surface area (Å²) in [6.45, 7) is 10.2. The van der Waals surface area contributed by atoms with Gasteiger partial charge in [-0.15, -0.1) is 0 Å². The molecule has 2 aliphatic heterocycles. The SMILES string of the molecule is Cc1ccccc1-c1ccnc(CCCCN2CCN(c3cccc(C(F)(F)F)c3)CC2)c1N.Nc1cc(-c2ccc(F)cc2)cnc1CCCCN1CCN(c2cccc(C(F)(F)F)c2)CC1. The van der Waals surface area contributed by atoms with Crippen molar-refractivity contribution in [2.45, 2.75) is 57.8 Å². The van der Waals surface area contributed by atoms with Crippen LogP contribution in [0.2, 0.25) is 0 Å². The Balaban J connectivity index is 0.000000201. The Labute approximate surface area is 394 Å². The number of pyridine rings is 2. The minimum atomic E-state index is -4.32. The van der Waals surface area contributed by atoms with Crippen molar-refractivity contribution in [2.75, 3.05) is 86.7 Å². The average Bonchev–Trinajstić information content (AvgIpc) is 3.33. The third-order valence-corrected chi connectivity index (χ3v) is 12.8. The number of hydrogen-bond acceptors (Lipinski definition) is 8. The molecule has 15 heteroatoms. The summed E-state index contributed by atoms with van der Waals surface area (Å²) >= 11 is 0. The maximum absolute atomic E-state index is 13.1. The van der Waals surface area contributed by atoms with Gasteiger partial charge in [0.25, 0.3) is 0 Å². The number of hydrogen-bond donors (Lipinski definition) is 2. The number of nitrogens with two attached hydrogens (primary N) is 2. The summed E-state index contributed by atoms with van der Waals surface area (Å²) in [6.07, 6.45) is 0.529. The Kier molecular flexibility index (Phi) is 16.6. The minimum Gasteiger partial charge on any atom is -0.397 e. The van der Waals surface area contributed by atoms with Gasteiger partial charge in [-0.1, -0.05) is 48.5 Å². The molecule has 0 spiro atoms. The molecule has 4 N–H and O–H groups in total. The fourth-order valence-electron chi connectivity index (χ4n) is 8.82. The molecule has 4 aromatic carbocycles. The molecule has 6 aromatic rings. The number of anilines is 4. The molecule has 0 bridgehead atoms. The van der Waals surface area contributed by atoms with E-state index in [1.807, 2.05) is 40.3 Å². The maximum Gasteiger partial charge on any atom is 0.416 e. The number of aryl methyl sites for hydroxylation is 3. The summed E-state index contributed by atoms with van der Waals surface area (Å²) in [6, 6.07) is 29.5. The van der Waals surface area contributed by atoms with Crippen molar-refractivity contribution >= 4 is 22.7 Å². The standard InChI is InChI=1S/C27H31F3N4.C26H28F4N4/c1-20-7-2-3-10-23(20)24-12-13-32-25(26(24)31)11-4-5-14-33-15-17-34(18-16-33)22-9-6-8-21(19-22)27(28,29)30;27-22-9-7-19(8-10-22)20-16-24(31)25(32-18-20)6-1-2-11-33-12-14-34(15-13-33)23-5-3-4-21(17-23)26(28,29)30/h2-3,6-10,12-13,19H,4-5,11,14-18,31H2,1H3;3-5,7-10,16-18H,1-2,6,11-15,31H2. The van der Waals surface area contributed by atoms with Crippen LogP contribution in [0.3, 0.4) is 0 Å². The predicted molar refractivity (Wildman–Crippen MR) is 259 cm³/mol. The second-order valence-electron chi connectivity index (χ2n) is 17.5. The van der Waals surface area contributed by atoms with E-state index in [-0.39, 0.29) is 5.82 Å². The number of aromatic nitrogens is 2. The van der Waals surface area contributed by atoms with Crippen LogP contribution < -0.4 is 21.3 Å². The Hall–Kier alpha value is -6.19. The highest BCUT2D eigenvalue weighted by molar-refractivity contribution is 5.79. The van der Waals surface area contributed by atoms with Gasteiger partial charge in [0.2, 0.25) is 0 Å². The fourth-order valence-corrected chi connectivity index (χ4v) is 8.82. The largest absolute Gasteiger partial charge is 0.416 e. The van der Waals surface area contributed by atoms with Crippen molar-refractivity contribution in [3.63, 3.8) is 0 Å². The summed E-state index contributed by atoms with van der Waals surface area (Å²) < 4.78 is 91.1. The molecule has 8 rings (SSSR count). The average molecular weight is 941 g/mol. The van der Waals surface area contributed by atoms with Gasteiger partial charge in [-0.05, 0) is 136 Å². The van der Waals surface area contributed by atoms with E-state index in [1.165, 1.54) is 42.0 Å². The summed E-state index contributed by atoms with van der Waals surface area (Å²) in [5, 5.41) is 0. The van der Waals surface area contributed by atoms with Crippen molar-refractivity contribution in [1.82, 2.24) is 19.8 Å². The molecule has 0 amide bonds. The van der Waals surface area contributed by atoms with Crippen LogP contribution in [-0.4, -0.2) is 85.2 Å². The second-order valence-corrected chi connectivity index (χ2v) is 17.5. The van der Waals surface area contributed by atoms with Gasteiger partial charge in [-0.3, -0.25) is 19.8 Å². The zero-order valence-electron chi connectivity index (χ0n) is 38.3. The first-order valence-corrected chi connectivity index (χ1v) is 23.2. The van der Waals surface area contributed by atoms with Crippen LogP contribution in [0.25, 0.3) is 22.3 Å². The molecule has 0 radical (unpaired) electrons. The van der Waals surface area contributed by atoms with Crippen molar-refractivity contribution in [3.8, 4) is 22.3 Å². The van der Waals surface area contributed by atoms with E-state index in [0.29, 0.717) is 30.2 Å². The zero-order valence-corrected chi connectivity index (χ0v) is 38.3. The van der Waals surface area contributed by atoms with Gasteiger partial charge in [0.15, 0.2) is 0 Å². The fraction of sp³-hybridized carbons (Fsp3) is 0.358. The number of nitrogens with zero attached hydrogens (tertiary/aromatic N) is 6. The smallest absolute Gasteiger partial charge is 0.397 e. The molecule has 0 saturated carbocycles. The lowest BCUT2D eigenvalue weighted by Crippen LogP contribution is -2.46.